The summed E-state index contributed by atoms with van der Waals surface area (Å²) in [6, 6.07) is -5.31. The van der Waals surface area contributed by atoms with Gasteiger partial charge in [0.25, 0.3) is 0 Å². The number of rotatable bonds is 17. The van der Waals surface area contributed by atoms with Gasteiger partial charge in [-0.1, -0.05) is 13.8 Å². The number of primary amides is 2. The summed E-state index contributed by atoms with van der Waals surface area (Å²) >= 11 is 0. The predicted octanol–water partition coefficient (Wildman–Crippen LogP) is -4.30. The highest BCUT2D eigenvalue weighted by molar-refractivity contribution is 5.95. The number of nitrogens with zero attached hydrogens (tertiary/aromatic N) is 1. The number of carbonyl (C=O) groups excluding carboxylic acids is 5. The number of carbonyl (C=O) groups is 6. The number of hydrogen-bond acceptors (Lipinski definition) is 8. The molecule has 0 spiro atoms. The Kier molecular flexibility index (Phi) is 14.1. The maximum atomic E-state index is 13.0. The Bertz CT molecular complexity index is 843. The van der Waals surface area contributed by atoms with E-state index in [2.05, 4.69) is 20.9 Å². The molecule has 16 heteroatoms. The van der Waals surface area contributed by atoms with Gasteiger partial charge >= 0.3 is 5.97 Å². The van der Waals surface area contributed by atoms with Crippen LogP contribution < -0.4 is 44.6 Å². The topological polar surface area (TPSA) is 301 Å². The summed E-state index contributed by atoms with van der Waals surface area (Å²) in [6.45, 7) is 3.67. The highest BCUT2D eigenvalue weighted by Gasteiger charge is 2.31. The first-order valence-corrected chi connectivity index (χ1v) is 11.1. The molecular formula is C20H37N9O7. The lowest BCUT2D eigenvalue weighted by atomic mass is 10.0. The maximum absolute atomic E-state index is 13.0. The Morgan fingerprint density at radius 1 is 0.778 bits per heavy atom. The molecule has 0 aliphatic rings. The molecule has 36 heavy (non-hydrogen) atoms. The first-order chi connectivity index (χ1) is 16.6. The lowest BCUT2D eigenvalue weighted by molar-refractivity contribution is -0.144. The molecule has 0 aromatic carbocycles. The van der Waals surface area contributed by atoms with E-state index in [4.69, 9.17) is 28.7 Å². The van der Waals surface area contributed by atoms with E-state index in [1.54, 1.807) is 13.8 Å². The van der Waals surface area contributed by atoms with E-state index in [1.165, 1.54) is 0 Å². The first kappa shape index (κ1) is 32.0. The van der Waals surface area contributed by atoms with Crippen molar-refractivity contribution >= 4 is 41.5 Å². The number of guanidine groups is 1. The number of carboxylic acids is 1. The van der Waals surface area contributed by atoms with Crippen LogP contribution in [0.25, 0.3) is 0 Å². The summed E-state index contributed by atoms with van der Waals surface area (Å²) in [4.78, 5) is 75.5. The molecule has 5 amide bonds. The summed E-state index contributed by atoms with van der Waals surface area (Å²) in [5, 5.41) is 16.3. The van der Waals surface area contributed by atoms with E-state index in [9.17, 15) is 33.9 Å². The molecule has 0 aliphatic heterocycles. The third-order valence-corrected chi connectivity index (χ3v) is 4.70. The molecule has 0 saturated heterocycles. The fourth-order valence-corrected chi connectivity index (χ4v) is 3.01. The number of nitrogens with two attached hydrogens (primary N) is 5. The Labute approximate surface area is 208 Å². The van der Waals surface area contributed by atoms with Crippen LogP contribution in [0.1, 0.15) is 46.0 Å². The zero-order valence-corrected chi connectivity index (χ0v) is 20.4. The van der Waals surface area contributed by atoms with Crippen LogP contribution >= 0.6 is 0 Å². The normalized spacial score (nSPS) is 14.0. The number of aliphatic imine (C=N–C) groups is 1. The second-order valence-corrected chi connectivity index (χ2v) is 8.55. The highest BCUT2D eigenvalue weighted by atomic mass is 16.4. The average Bonchev–Trinajstić information content (AvgIpc) is 2.73. The van der Waals surface area contributed by atoms with E-state index in [-0.39, 0.29) is 37.7 Å². The molecule has 0 heterocycles. The summed E-state index contributed by atoms with van der Waals surface area (Å²) < 4.78 is 0. The number of aliphatic carboxylic acids is 1. The van der Waals surface area contributed by atoms with Crippen LogP contribution in [0.4, 0.5) is 0 Å². The number of carboxylic acid groups (broad SMARTS) is 1. The van der Waals surface area contributed by atoms with Crippen molar-refractivity contribution in [2.45, 2.75) is 70.1 Å². The molecule has 0 fully saturated rings. The molecular weight excluding hydrogens is 478 g/mol. The zero-order chi connectivity index (χ0) is 28.0. The largest absolute Gasteiger partial charge is 0.480 e. The van der Waals surface area contributed by atoms with Gasteiger partial charge in [0.1, 0.15) is 18.1 Å². The molecule has 0 aromatic rings. The quantitative estimate of drug-likeness (QED) is 0.0509. The molecule has 0 aromatic heterocycles. The fraction of sp³-hybridized carbons (Fsp3) is 0.650. The third-order valence-electron chi connectivity index (χ3n) is 4.70. The van der Waals surface area contributed by atoms with Crippen molar-refractivity contribution in [1.82, 2.24) is 16.0 Å². The molecule has 16 nitrogen and oxygen atoms in total. The van der Waals surface area contributed by atoms with Gasteiger partial charge in [-0.15, -0.1) is 0 Å². The van der Waals surface area contributed by atoms with Crippen molar-refractivity contribution in [2.75, 3.05) is 6.54 Å². The third kappa shape index (κ3) is 13.7. The molecule has 14 N–H and O–H groups in total. The predicted molar refractivity (Wildman–Crippen MR) is 128 cm³/mol. The Morgan fingerprint density at radius 2 is 1.28 bits per heavy atom. The van der Waals surface area contributed by atoms with Crippen LogP contribution in [0, 0.1) is 5.92 Å². The highest BCUT2D eigenvalue weighted by Crippen LogP contribution is 2.08. The molecule has 4 unspecified atom stereocenters. The zero-order valence-electron chi connectivity index (χ0n) is 20.4. The van der Waals surface area contributed by atoms with E-state index in [1.807, 2.05) is 0 Å². The summed E-state index contributed by atoms with van der Waals surface area (Å²) in [6.07, 6.45) is -0.709. The van der Waals surface area contributed by atoms with Crippen molar-refractivity contribution in [3.63, 3.8) is 0 Å². The summed E-state index contributed by atoms with van der Waals surface area (Å²) in [7, 11) is 0. The molecule has 204 valence electrons. The Morgan fingerprint density at radius 3 is 1.75 bits per heavy atom. The van der Waals surface area contributed by atoms with Gasteiger partial charge in [0, 0.05) is 6.54 Å². The number of hydrogen-bond donors (Lipinski definition) is 9. The second-order valence-electron chi connectivity index (χ2n) is 8.55. The fourth-order valence-electron chi connectivity index (χ4n) is 3.01. The van der Waals surface area contributed by atoms with Crippen molar-refractivity contribution in [2.24, 2.45) is 39.6 Å². The Balaban J connectivity index is 5.65. The molecule has 0 radical (unpaired) electrons. The standard InChI is InChI=1S/C20H37N9O7/c1-9(2)6-12(18(34)29-13(19(35)36)8-15(23)31)28-17(33)11(4-3-5-26-20(24)25)27-16(32)10(21)7-14(22)30/h9-13H,3-8,21H2,1-2H3,(H2,22,30)(H2,23,31)(H,27,32)(H,28,33)(H,29,34)(H,35,36)(H4,24,25,26). The summed E-state index contributed by atoms with van der Waals surface area (Å²) in [5.41, 5.74) is 26.3. The number of nitrogens with one attached hydrogen (secondary N) is 3. The number of amides is 5. The van der Waals surface area contributed by atoms with Crippen molar-refractivity contribution in [3.8, 4) is 0 Å². The lowest BCUT2D eigenvalue weighted by Gasteiger charge is -2.26. The van der Waals surface area contributed by atoms with Crippen LogP contribution in [0.5, 0.6) is 0 Å². The minimum atomic E-state index is -1.59. The average molecular weight is 516 g/mol. The van der Waals surface area contributed by atoms with Gasteiger partial charge in [-0.3, -0.25) is 29.0 Å². The van der Waals surface area contributed by atoms with E-state index >= 15 is 0 Å². The van der Waals surface area contributed by atoms with Gasteiger partial charge in [0.05, 0.1) is 18.9 Å². The van der Waals surface area contributed by atoms with Crippen molar-refractivity contribution < 1.29 is 33.9 Å². The van der Waals surface area contributed by atoms with Gasteiger partial charge in [-0.2, -0.15) is 0 Å². The smallest absolute Gasteiger partial charge is 0.326 e. The minimum Gasteiger partial charge on any atom is -0.480 e. The summed E-state index contributed by atoms with van der Waals surface area (Å²) in [5.74, 6) is -5.98. The molecule has 0 saturated carbocycles. The van der Waals surface area contributed by atoms with E-state index in [0.717, 1.165) is 0 Å². The monoisotopic (exact) mass is 515 g/mol. The van der Waals surface area contributed by atoms with E-state index in [0.29, 0.717) is 0 Å². The van der Waals surface area contributed by atoms with Crippen LogP contribution in [0.2, 0.25) is 0 Å². The van der Waals surface area contributed by atoms with Crippen LogP contribution in [0.15, 0.2) is 4.99 Å². The van der Waals surface area contributed by atoms with Crippen LogP contribution in [-0.2, 0) is 28.8 Å². The molecule has 0 bridgehead atoms. The molecule has 0 rings (SSSR count). The van der Waals surface area contributed by atoms with Gasteiger partial charge < -0.3 is 49.7 Å². The minimum absolute atomic E-state index is 0.0348. The lowest BCUT2D eigenvalue weighted by Crippen LogP contribution is -2.57. The van der Waals surface area contributed by atoms with Gasteiger partial charge in [0.15, 0.2) is 5.96 Å². The SMILES string of the molecule is CC(C)CC(NC(=O)C(CCCN=C(N)N)NC(=O)C(N)CC(N)=O)C(=O)NC(CC(N)=O)C(=O)O. The van der Waals surface area contributed by atoms with Gasteiger partial charge in [-0.25, -0.2) is 4.79 Å². The van der Waals surface area contributed by atoms with Crippen molar-refractivity contribution in [1.29, 1.82) is 0 Å². The van der Waals surface area contributed by atoms with Gasteiger partial charge in [0.2, 0.25) is 29.5 Å². The second kappa shape index (κ2) is 15.9. The van der Waals surface area contributed by atoms with Gasteiger partial charge in [-0.05, 0) is 25.2 Å². The first-order valence-electron chi connectivity index (χ1n) is 11.1. The molecule has 4 atom stereocenters. The Hall–Kier alpha value is -3.95. The maximum Gasteiger partial charge on any atom is 0.326 e. The van der Waals surface area contributed by atoms with E-state index < -0.39 is 72.5 Å². The molecule has 0 aliphatic carbocycles. The van der Waals surface area contributed by atoms with Crippen molar-refractivity contribution in [3.05, 3.63) is 0 Å². The van der Waals surface area contributed by atoms with Crippen LogP contribution in [0.3, 0.4) is 0 Å². The van der Waals surface area contributed by atoms with Crippen LogP contribution in [-0.4, -0.2) is 77.3 Å².